The van der Waals surface area contributed by atoms with Crippen LogP contribution in [0, 0.1) is 17.0 Å². The zero-order valence-corrected chi connectivity index (χ0v) is 10.7. The van der Waals surface area contributed by atoms with Gasteiger partial charge in [-0.3, -0.25) is 10.1 Å². The third-order valence-electron chi connectivity index (χ3n) is 2.85. The number of rotatable bonds is 3. The van der Waals surface area contributed by atoms with Crippen molar-refractivity contribution in [1.29, 1.82) is 0 Å². The van der Waals surface area contributed by atoms with Gasteiger partial charge in [0, 0.05) is 12.7 Å². The van der Waals surface area contributed by atoms with E-state index >= 15 is 0 Å². The first-order valence-electron chi connectivity index (χ1n) is 5.70. The summed E-state index contributed by atoms with van der Waals surface area (Å²) in [6.07, 6.45) is 0. The predicted molar refractivity (Wildman–Crippen MR) is 74.5 cm³/mol. The molecule has 0 bridgehead atoms. The van der Waals surface area contributed by atoms with Gasteiger partial charge in [0.25, 0.3) is 5.69 Å². The van der Waals surface area contributed by atoms with Gasteiger partial charge in [-0.05, 0) is 18.6 Å². The molecule has 6 nitrogen and oxygen atoms in total. The second kappa shape index (κ2) is 4.93. The van der Waals surface area contributed by atoms with E-state index in [1.54, 1.807) is 11.9 Å². The minimum atomic E-state index is -0.479. The lowest BCUT2D eigenvalue weighted by Gasteiger charge is -2.20. The second-order valence-electron chi connectivity index (χ2n) is 4.21. The lowest BCUT2D eigenvalue weighted by Crippen LogP contribution is -2.13. The van der Waals surface area contributed by atoms with Crippen LogP contribution in [0.4, 0.5) is 23.0 Å². The molecule has 0 saturated carbocycles. The largest absolute Gasteiger partial charge is 0.383 e. The Labute approximate surface area is 110 Å². The average Bonchev–Trinajstić information content (AvgIpc) is 2.37. The van der Waals surface area contributed by atoms with Crippen molar-refractivity contribution < 1.29 is 4.92 Å². The summed E-state index contributed by atoms with van der Waals surface area (Å²) in [5.41, 5.74) is 7.52. The molecule has 98 valence electrons. The number of nitrogens with two attached hydrogens (primary N) is 1. The standard InChI is InChI=1S/C13H14N4O2/c1-9-5-3-4-6-11(9)16(2)13-8-10(17(18)19)7-12(14)15-13/h3-8H,1-2H3,(H2,14,15). The van der Waals surface area contributed by atoms with Gasteiger partial charge in [-0.2, -0.15) is 0 Å². The van der Waals surface area contributed by atoms with Crippen molar-refractivity contribution in [1.82, 2.24) is 4.98 Å². The summed E-state index contributed by atoms with van der Waals surface area (Å²) in [6, 6.07) is 10.4. The van der Waals surface area contributed by atoms with Crippen LogP contribution < -0.4 is 10.6 Å². The van der Waals surface area contributed by atoms with Crippen molar-refractivity contribution in [3.8, 4) is 0 Å². The average molecular weight is 258 g/mol. The van der Waals surface area contributed by atoms with Gasteiger partial charge < -0.3 is 10.6 Å². The first-order valence-corrected chi connectivity index (χ1v) is 5.70. The van der Waals surface area contributed by atoms with Gasteiger partial charge in [0.15, 0.2) is 0 Å². The summed E-state index contributed by atoms with van der Waals surface area (Å²) in [5.74, 6) is 0.575. The molecule has 0 atom stereocenters. The molecule has 2 aromatic rings. The number of aryl methyl sites for hydroxylation is 1. The van der Waals surface area contributed by atoms with Crippen LogP contribution in [0.15, 0.2) is 36.4 Å². The van der Waals surface area contributed by atoms with E-state index in [9.17, 15) is 10.1 Å². The van der Waals surface area contributed by atoms with Crippen LogP contribution in [0.3, 0.4) is 0 Å². The molecule has 2 rings (SSSR count). The molecule has 0 aliphatic rings. The molecule has 1 heterocycles. The molecule has 0 fully saturated rings. The SMILES string of the molecule is Cc1ccccc1N(C)c1cc([N+](=O)[O-])cc(N)n1. The maximum absolute atomic E-state index is 10.8. The summed E-state index contributed by atoms with van der Waals surface area (Å²) < 4.78 is 0. The molecule has 0 spiro atoms. The number of hydrogen-bond acceptors (Lipinski definition) is 5. The van der Waals surface area contributed by atoms with Crippen molar-refractivity contribution in [2.75, 3.05) is 17.7 Å². The van der Waals surface area contributed by atoms with E-state index in [4.69, 9.17) is 5.73 Å². The van der Waals surface area contributed by atoms with E-state index < -0.39 is 4.92 Å². The van der Waals surface area contributed by atoms with Crippen LogP contribution in [0.1, 0.15) is 5.56 Å². The van der Waals surface area contributed by atoms with E-state index in [0.29, 0.717) is 5.82 Å². The Hall–Kier alpha value is -2.63. The number of nitro groups is 1. The molecular weight excluding hydrogens is 244 g/mol. The summed E-state index contributed by atoms with van der Waals surface area (Å²) in [4.78, 5) is 16.3. The monoisotopic (exact) mass is 258 g/mol. The molecule has 0 radical (unpaired) electrons. The maximum Gasteiger partial charge on any atom is 0.276 e. The summed E-state index contributed by atoms with van der Waals surface area (Å²) in [5, 5.41) is 10.8. The predicted octanol–water partition coefficient (Wildman–Crippen LogP) is 2.65. The molecule has 1 aromatic heterocycles. The minimum Gasteiger partial charge on any atom is -0.383 e. The first kappa shape index (κ1) is 12.8. The molecule has 0 aliphatic carbocycles. The normalized spacial score (nSPS) is 10.2. The van der Waals surface area contributed by atoms with Gasteiger partial charge in [0.1, 0.15) is 11.6 Å². The number of nitrogen functional groups attached to an aromatic ring is 1. The molecule has 0 amide bonds. The number of nitrogens with zero attached hydrogens (tertiary/aromatic N) is 3. The highest BCUT2D eigenvalue weighted by Crippen LogP contribution is 2.28. The lowest BCUT2D eigenvalue weighted by molar-refractivity contribution is -0.384. The Morgan fingerprint density at radius 1 is 1.32 bits per heavy atom. The summed E-state index contributed by atoms with van der Waals surface area (Å²) in [7, 11) is 1.80. The zero-order chi connectivity index (χ0) is 14.0. The Bertz CT molecular complexity index is 628. The Morgan fingerprint density at radius 3 is 2.63 bits per heavy atom. The van der Waals surface area contributed by atoms with Gasteiger partial charge in [0.05, 0.1) is 17.1 Å². The van der Waals surface area contributed by atoms with E-state index in [1.165, 1.54) is 12.1 Å². The fourth-order valence-corrected chi connectivity index (χ4v) is 1.86. The van der Waals surface area contributed by atoms with Crippen LogP contribution in [0.5, 0.6) is 0 Å². The van der Waals surface area contributed by atoms with Crippen molar-refractivity contribution in [3.05, 3.63) is 52.1 Å². The van der Waals surface area contributed by atoms with Crippen LogP contribution in [-0.4, -0.2) is 17.0 Å². The first-order chi connectivity index (χ1) is 8.99. The van der Waals surface area contributed by atoms with Crippen LogP contribution in [0.2, 0.25) is 0 Å². The molecule has 6 heteroatoms. The fraction of sp³-hybridized carbons (Fsp3) is 0.154. The number of para-hydroxylation sites is 1. The smallest absolute Gasteiger partial charge is 0.276 e. The van der Waals surface area contributed by atoms with Crippen molar-refractivity contribution in [2.24, 2.45) is 0 Å². The topological polar surface area (TPSA) is 85.3 Å². The highest BCUT2D eigenvalue weighted by molar-refractivity contribution is 5.66. The molecule has 19 heavy (non-hydrogen) atoms. The van der Waals surface area contributed by atoms with Gasteiger partial charge in [0.2, 0.25) is 0 Å². The molecule has 2 N–H and O–H groups in total. The van der Waals surface area contributed by atoms with Gasteiger partial charge >= 0.3 is 0 Å². The van der Waals surface area contributed by atoms with Crippen molar-refractivity contribution in [2.45, 2.75) is 6.92 Å². The van der Waals surface area contributed by atoms with Gasteiger partial charge in [-0.25, -0.2) is 4.98 Å². The van der Waals surface area contributed by atoms with Crippen molar-refractivity contribution >= 4 is 23.0 Å². The molecule has 0 saturated heterocycles. The fourth-order valence-electron chi connectivity index (χ4n) is 1.86. The summed E-state index contributed by atoms with van der Waals surface area (Å²) in [6.45, 7) is 1.96. The second-order valence-corrected chi connectivity index (χ2v) is 4.21. The number of hydrogen-bond donors (Lipinski definition) is 1. The Balaban J connectivity index is 2.47. The lowest BCUT2D eigenvalue weighted by atomic mass is 10.2. The minimum absolute atomic E-state index is 0.0667. The van der Waals surface area contributed by atoms with Gasteiger partial charge in [-0.15, -0.1) is 0 Å². The van der Waals surface area contributed by atoms with E-state index in [1.807, 2.05) is 31.2 Å². The number of benzene rings is 1. The van der Waals surface area contributed by atoms with E-state index in [2.05, 4.69) is 4.98 Å². The Morgan fingerprint density at radius 2 is 2.00 bits per heavy atom. The third-order valence-corrected chi connectivity index (χ3v) is 2.85. The molecule has 0 unspecified atom stereocenters. The third kappa shape index (κ3) is 2.62. The summed E-state index contributed by atoms with van der Waals surface area (Å²) >= 11 is 0. The highest BCUT2D eigenvalue weighted by Gasteiger charge is 2.14. The Kier molecular flexibility index (Phi) is 3.33. The van der Waals surface area contributed by atoms with Gasteiger partial charge in [-0.1, -0.05) is 18.2 Å². The highest BCUT2D eigenvalue weighted by atomic mass is 16.6. The molecular formula is C13H14N4O2. The maximum atomic E-state index is 10.8. The zero-order valence-electron chi connectivity index (χ0n) is 10.7. The van der Waals surface area contributed by atoms with E-state index in [-0.39, 0.29) is 11.5 Å². The van der Waals surface area contributed by atoms with Crippen LogP contribution >= 0.6 is 0 Å². The molecule has 1 aromatic carbocycles. The van der Waals surface area contributed by atoms with E-state index in [0.717, 1.165) is 11.3 Å². The number of aromatic nitrogens is 1. The van der Waals surface area contributed by atoms with Crippen LogP contribution in [0.25, 0.3) is 0 Å². The number of pyridine rings is 1. The quantitative estimate of drug-likeness (QED) is 0.675. The van der Waals surface area contributed by atoms with Crippen molar-refractivity contribution in [3.63, 3.8) is 0 Å². The van der Waals surface area contributed by atoms with Crippen LogP contribution in [-0.2, 0) is 0 Å². The number of anilines is 3. The molecule has 0 aliphatic heterocycles.